The fraction of sp³-hybridized carbons (Fsp3) is 0.0500. The first kappa shape index (κ1) is 17.9. The summed E-state index contributed by atoms with van der Waals surface area (Å²) in [7, 11) is -2.18. The third kappa shape index (κ3) is 2.93. The highest BCUT2D eigenvalue weighted by atomic mass is 32.2. The summed E-state index contributed by atoms with van der Waals surface area (Å²) >= 11 is 0. The molecule has 0 spiro atoms. The average molecular weight is 391 g/mol. The third-order valence-electron chi connectivity index (χ3n) is 4.42. The van der Waals surface area contributed by atoms with Crippen LogP contribution in [0.2, 0.25) is 0 Å². The van der Waals surface area contributed by atoms with E-state index < -0.39 is 10.0 Å². The largest absolute Gasteiger partial charge is 0.393 e. The number of fused-ring (bicyclic) bond motifs is 2. The Kier molecular flexibility index (Phi) is 4.40. The monoisotopic (exact) mass is 391 g/mol. The van der Waals surface area contributed by atoms with Gasteiger partial charge in [-0.1, -0.05) is 30.3 Å². The average Bonchev–Trinajstić information content (AvgIpc) is 3.15. The zero-order valence-electron chi connectivity index (χ0n) is 15.0. The summed E-state index contributed by atoms with van der Waals surface area (Å²) in [4.78, 5) is 4.44. The zero-order valence-corrected chi connectivity index (χ0v) is 15.8. The lowest BCUT2D eigenvalue weighted by atomic mass is 10.1. The van der Waals surface area contributed by atoms with Crippen molar-refractivity contribution in [1.29, 1.82) is 5.41 Å². The predicted octanol–water partition coefficient (Wildman–Crippen LogP) is 3.03. The first-order valence-corrected chi connectivity index (χ1v) is 9.95. The standard InChI is InChI=1S/C20H17N5O2S/c1-22-11-17(10-21)16-9-20-19(23-12-16)13-24-25(20)28(26,27)18-7-6-14-4-2-3-5-15(14)8-18/h2-13,21-22H,1H3/b17-11+,21-10?. The van der Waals surface area contributed by atoms with E-state index in [1.54, 1.807) is 43.7 Å². The molecule has 0 radical (unpaired) electrons. The van der Waals surface area contributed by atoms with Crippen molar-refractivity contribution in [2.75, 3.05) is 7.05 Å². The predicted molar refractivity (Wildman–Crippen MR) is 110 cm³/mol. The topological polar surface area (TPSA) is 101 Å². The number of nitrogens with zero attached hydrogens (tertiary/aromatic N) is 3. The normalized spacial score (nSPS) is 12.4. The molecular weight excluding hydrogens is 374 g/mol. The smallest absolute Gasteiger partial charge is 0.283 e. The van der Waals surface area contributed by atoms with Gasteiger partial charge in [-0.05, 0) is 29.0 Å². The van der Waals surface area contributed by atoms with Gasteiger partial charge in [-0.2, -0.15) is 17.6 Å². The Morgan fingerprint density at radius 2 is 1.89 bits per heavy atom. The highest BCUT2D eigenvalue weighted by Gasteiger charge is 2.21. The van der Waals surface area contributed by atoms with Gasteiger partial charge in [0, 0.05) is 36.8 Å². The minimum absolute atomic E-state index is 0.152. The van der Waals surface area contributed by atoms with Gasteiger partial charge in [0.25, 0.3) is 10.0 Å². The van der Waals surface area contributed by atoms with Crippen LogP contribution in [0.3, 0.4) is 0 Å². The zero-order chi connectivity index (χ0) is 19.7. The Labute approximate surface area is 161 Å². The SMILES string of the molecule is CN/C=C(\C=N)c1cnc2cnn(S(=O)(=O)c3ccc4ccccc4c3)c2c1. The second-order valence-electron chi connectivity index (χ2n) is 6.16. The molecule has 0 amide bonds. The fourth-order valence-corrected chi connectivity index (χ4v) is 4.32. The minimum Gasteiger partial charge on any atom is -0.393 e. The van der Waals surface area contributed by atoms with Crippen molar-refractivity contribution < 1.29 is 8.42 Å². The Morgan fingerprint density at radius 3 is 2.64 bits per heavy atom. The van der Waals surface area contributed by atoms with Gasteiger partial charge >= 0.3 is 0 Å². The van der Waals surface area contributed by atoms with Crippen molar-refractivity contribution in [3.05, 3.63) is 72.7 Å². The molecule has 0 saturated heterocycles. The van der Waals surface area contributed by atoms with E-state index >= 15 is 0 Å². The molecule has 0 saturated carbocycles. The van der Waals surface area contributed by atoms with E-state index in [1.165, 1.54) is 12.4 Å². The van der Waals surface area contributed by atoms with Crippen molar-refractivity contribution in [3.63, 3.8) is 0 Å². The molecule has 2 N–H and O–H groups in total. The molecule has 28 heavy (non-hydrogen) atoms. The maximum atomic E-state index is 13.2. The van der Waals surface area contributed by atoms with Crippen LogP contribution in [0.4, 0.5) is 0 Å². The molecule has 0 aliphatic rings. The number of hydrogen-bond donors (Lipinski definition) is 2. The van der Waals surface area contributed by atoms with Crippen LogP contribution in [-0.4, -0.2) is 35.8 Å². The van der Waals surface area contributed by atoms with Crippen LogP contribution < -0.4 is 5.32 Å². The summed E-state index contributed by atoms with van der Waals surface area (Å²) < 4.78 is 27.4. The number of hydrogen-bond acceptors (Lipinski definition) is 6. The van der Waals surface area contributed by atoms with Gasteiger partial charge in [-0.3, -0.25) is 4.98 Å². The van der Waals surface area contributed by atoms with Crippen LogP contribution >= 0.6 is 0 Å². The molecule has 4 rings (SSSR count). The summed E-state index contributed by atoms with van der Waals surface area (Å²) in [5.74, 6) is 0. The van der Waals surface area contributed by atoms with E-state index in [9.17, 15) is 8.42 Å². The van der Waals surface area contributed by atoms with E-state index in [2.05, 4.69) is 15.4 Å². The highest BCUT2D eigenvalue weighted by molar-refractivity contribution is 7.90. The molecular formula is C20H17N5O2S. The van der Waals surface area contributed by atoms with Crippen molar-refractivity contribution >= 4 is 43.6 Å². The molecule has 2 aromatic heterocycles. The fourth-order valence-electron chi connectivity index (χ4n) is 3.03. The highest BCUT2D eigenvalue weighted by Crippen LogP contribution is 2.24. The van der Waals surface area contributed by atoms with Crippen LogP contribution in [0.25, 0.3) is 27.4 Å². The summed E-state index contributed by atoms with van der Waals surface area (Å²) in [6, 6.07) is 14.2. The molecule has 0 aliphatic carbocycles. The number of aromatic nitrogens is 3. The van der Waals surface area contributed by atoms with E-state index in [0.29, 0.717) is 22.2 Å². The summed E-state index contributed by atoms with van der Waals surface area (Å²) in [6.07, 6.45) is 5.83. The quantitative estimate of drug-likeness (QED) is 0.509. The Bertz CT molecular complexity index is 1340. The maximum absolute atomic E-state index is 13.2. The van der Waals surface area contributed by atoms with Gasteiger partial charge in [0.05, 0.1) is 11.1 Å². The molecule has 8 heteroatoms. The summed E-state index contributed by atoms with van der Waals surface area (Å²) in [5, 5.41) is 16.3. The molecule has 140 valence electrons. The van der Waals surface area contributed by atoms with Gasteiger partial charge < -0.3 is 10.7 Å². The lowest BCUT2D eigenvalue weighted by Gasteiger charge is -2.08. The molecule has 4 aromatic rings. The van der Waals surface area contributed by atoms with E-state index in [0.717, 1.165) is 14.9 Å². The molecule has 2 heterocycles. The van der Waals surface area contributed by atoms with Crippen molar-refractivity contribution in [1.82, 2.24) is 19.5 Å². The summed E-state index contributed by atoms with van der Waals surface area (Å²) in [6.45, 7) is 0. The van der Waals surface area contributed by atoms with Gasteiger partial charge in [-0.25, -0.2) is 0 Å². The molecule has 0 atom stereocenters. The second kappa shape index (κ2) is 6.90. The van der Waals surface area contributed by atoms with Gasteiger partial charge in [0.15, 0.2) is 0 Å². The Morgan fingerprint density at radius 1 is 1.11 bits per heavy atom. The molecule has 0 bridgehead atoms. The molecule has 0 unspecified atom stereocenters. The van der Waals surface area contributed by atoms with Crippen molar-refractivity contribution in [3.8, 4) is 0 Å². The van der Waals surface area contributed by atoms with E-state index in [1.807, 2.05) is 24.3 Å². The van der Waals surface area contributed by atoms with E-state index in [-0.39, 0.29) is 4.90 Å². The lowest BCUT2D eigenvalue weighted by Crippen LogP contribution is -2.14. The second-order valence-corrected chi connectivity index (χ2v) is 7.93. The molecule has 0 aliphatic heterocycles. The Hall–Kier alpha value is -3.52. The number of rotatable bonds is 5. The lowest BCUT2D eigenvalue weighted by molar-refractivity contribution is 0.582. The Balaban J connectivity index is 1.89. The van der Waals surface area contributed by atoms with Gasteiger partial charge in [0.1, 0.15) is 11.0 Å². The van der Waals surface area contributed by atoms with Gasteiger partial charge in [-0.15, -0.1) is 0 Å². The third-order valence-corrected chi connectivity index (χ3v) is 6.02. The molecule has 0 fully saturated rings. The molecule has 7 nitrogen and oxygen atoms in total. The van der Waals surface area contributed by atoms with Gasteiger partial charge in [0.2, 0.25) is 0 Å². The molecule has 2 aromatic carbocycles. The minimum atomic E-state index is -3.90. The maximum Gasteiger partial charge on any atom is 0.283 e. The van der Waals surface area contributed by atoms with Crippen molar-refractivity contribution in [2.45, 2.75) is 4.90 Å². The number of allylic oxidation sites excluding steroid dienone is 1. The van der Waals surface area contributed by atoms with Crippen LogP contribution in [0, 0.1) is 5.41 Å². The number of pyridine rings is 1. The number of nitrogens with one attached hydrogen (secondary N) is 2. The van der Waals surface area contributed by atoms with E-state index in [4.69, 9.17) is 5.41 Å². The van der Waals surface area contributed by atoms with Crippen LogP contribution in [-0.2, 0) is 10.0 Å². The first-order chi connectivity index (χ1) is 13.5. The van der Waals surface area contributed by atoms with Crippen molar-refractivity contribution in [2.24, 2.45) is 0 Å². The van der Waals surface area contributed by atoms with Crippen LogP contribution in [0.1, 0.15) is 5.56 Å². The number of benzene rings is 2. The van der Waals surface area contributed by atoms with Crippen LogP contribution in [0.15, 0.2) is 72.0 Å². The van der Waals surface area contributed by atoms with Crippen LogP contribution in [0.5, 0.6) is 0 Å². The summed E-state index contributed by atoms with van der Waals surface area (Å²) in [5.41, 5.74) is 2.01. The first-order valence-electron chi connectivity index (χ1n) is 8.51.